The highest BCUT2D eigenvalue weighted by atomic mass is 32.2. The molecule has 1 amide bonds. The minimum atomic E-state index is -3.83. The standard InChI is InChI=1S/C27H28N6O4S/c34-26-27(10-13-31(14-11-27)19-16-29-32(18-19)23-8-4-5-15-37-23)24-21-9-12-33(25(21)28-17-22(24)30-26)38(35,36)20-6-2-1-3-7-20/h1-3,6-7,9,12,16-18,23H,4-5,8,10-11,13-15H2,(H,30,34). The lowest BCUT2D eigenvalue weighted by Gasteiger charge is -2.38. The topological polar surface area (TPSA) is 111 Å². The van der Waals surface area contributed by atoms with Gasteiger partial charge in [-0.05, 0) is 50.3 Å². The number of carbonyl (C=O) groups excluding carboxylic acids is 1. The molecule has 7 rings (SSSR count). The van der Waals surface area contributed by atoms with Crippen LogP contribution < -0.4 is 10.2 Å². The first-order chi connectivity index (χ1) is 18.5. The molecule has 196 valence electrons. The summed E-state index contributed by atoms with van der Waals surface area (Å²) in [5, 5.41) is 8.26. The average molecular weight is 533 g/mol. The van der Waals surface area contributed by atoms with E-state index >= 15 is 0 Å². The fourth-order valence-corrected chi connectivity index (χ4v) is 7.46. The highest BCUT2D eigenvalue weighted by molar-refractivity contribution is 7.90. The van der Waals surface area contributed by atoms with E-state index < -0.39 is 15.4 Å². The molecular formula is C27H28N6O4S. The summed E-state index contributed by atoms with van der Waals surface area (Å²) >= 11 is 0. The van der Waals surface area contributed by atoms with Crippen molar-refractivity contribution in [2.45, 2.75) is 48.6 Å². The van der Waals surface area contributed by atoms with Gasteiger partial charge < -0.3 is 15.0 Å². The summed E-state index contributed by atoms with van der Waals surface area (Å²) in [4.78, 5) is 20.3. The Hall–Kier alpha value is -3.70. The zero-order valence-corrected chi connectivity index (χ0v) is 21.6. The molecule has 10 nitrogen and oxygen atoms in total. The normalized spacial score (nSPS) is 21.1. The smallest absolute Gasteiger partial charge is 0.269 e. The Morgan fingerprint density at radius 2 is 1.87 bits per heavy atom. The molecule has 11 heteroatoms. The molecule has 1 unspecified atom stereocenters. The zero-order valence-electron chi connectivity index (χ0n) is 20.8. The molecule has 1 N–H and O–H groups in total. The summed E-state index contributed by atoms with van der Waals surface area (Å²) in [6.45, 7) is 2.12. The van der Waals surface area contributed by atoms with Gasteiger partial charge in [0.1, 0.15) is 6.23 Å². The third-order valence-electron chi connectivity index (χ3n) is 8.16. The molecule has 0 aliphatic carbocycles. The Kier molecular flexibility index (Phi) is 5.34. The highest BCUT2D eigenvalue weighted by Crippen LogP contribution is 2.48. The van der Waals surface area contributed by atoms with Crippen molar-refractivity contribution in [2.75, 3.05) is 29.9 Å². The van der Waals surface area contributed by atoms with Crippen molar-refractivity contribution in [3.05, 3.63) is 66.7 Å². The van der Waals surface area contributed by atoms with Crippen molar-refractivity contribution in [1.29, 1.82) is 0 Å². The maximum atomic E-state index is 13.4. The molecule has 4 aromatic rings. The molecular weight excluding hydrogens is 504 g/mol. The summed E-state index contributed by atoms with van der Waals surface area (Å²) in [6, 6.07) is 10.1. The van der Waals surface area contributed by atoms with E-state index in [0.717, 1.165) is 37.1 Å². The number of fused-ring (bicyclic) bond motifs is 4. The largest absolute Gasteiger partial charge is 0.369 e. The first-order valence-electron chi connectivity index (χ1n) is 13.0. The van der Waals surface area contributed by atoms with Crippen LogP contribution in [-0.2, 0) is 25.0 Å². The number of ether oxygens (including phenoxy) is 1. The van der Waals surface area contributed by atoms with Gasteiger partial charge in [-0.25, -0.2) is 22.1 Å². The number of piperidine rings is 1. The molecule has 0 saturated carbocycles. The number of hydrogen-bond acceptors (Lipinski definition) is 7. The van der Waals surface area contributed by atoms with E-state index in [0.29, 0.717) is 42.7 Å². The quantitative estimate of drug-likeness (QED) is 0.427. The molecule has 6 heterocycles. The van der Waals surface area contributed by atoms with Crippen molar-refractivity contribution in [3.8, 4) is 0 Å². The molecule has 3 aromatic heterocycles. The van der Waals surface area contributed by atoms with Crippen LogP contribution in [0.3, 0.4) is 0 Å². The van der Waals surface area contributed by atoms with Crippen LogP contribution in [0.5, 0.6) is 0 Å². The molecule has 3 aliphatic heterocycles. The lowest BCUT2D eigenvalue weighted by Crippen LogP contribution is -2.46. The van der Waals surface area contributed by atoms with E-state index in [1.54, 1.807) is 42.6 Å². The fourth-order valence-electron chi connectivity index (χ4n) is 6.13. The number of hydrogen-bond donors (Lipinski definition) is 1. The molecule has 0 radical (unpaired) electrons. The van der Waals surface area contributed by atoms with E-state index in [-0.39, 0.29) is 17.0 Å². The van der Waals surface area contributed by atoms with Crippen LogP contribution in [0, 0.1) is 0 Å². The van der Waals surface area contributed by atoms with Gasteiger partial charge in [0.15, 0.2) is 5.65 Å². The van der Waals surface area contributed by atoms with Gasteiger partial charge in [0.05, 0.1) is 40.3 Å². The third-order valence-corrected chi connectivity index (χ3v) is 9.84. The summed E-state index contributed by atoms with van der Waals surface area (Å²) in [7, 11) is -3.83. The minimum Gasteiger partial charge on any atom is -0.369 e. The second kappa shape index (κ2) is 8.67. The van der Waals surface area contributed by atoms with E-state index in [4.69, 9.17) is 4.74 Å². The van der Waals surface area contributed by atoms with Crippen molar-refractivity contribution in [1.82, 2.24) is 18.7 Å². The molecule has 1 aromatic carbocycles. The van der Waals surface area contributed by atoms with Crippen molar-refractivity contribution < 1.29 is 17.9 Å². The Labute approximate surface area is 220 Å². The SMILES string of the molecule is O=C1Nc2cnc3c(ccn3S(=O)(=O)c3ccccc3)c2C12CCN(c1cnn(C3CCCCO3)c1)CC2. The van der Waals surface area contributed by atoms with Gasteiger partial charge in [0.25, 0.3) is 10.0 Å². The first-order valence-corrected chi connectivity index (χ1v) is 14.4. The Morgan fingerprint density at radius 3 is 2.63 bits per heavy atom. The number of benzene rings is 1. The van der Waals surface area contributed by atoms with E-state index in [1.807, 2.05) is 17.1 Å². The number of pyridine rings is 1. The van der Waals surface area contributed by atoms with Gasteiger partial charge in [0.2, 0.25) is 5.91 Å². The lowest BCUT2D eigenvalue weighted by atomic mass is 9.73. The van der Waals surface area contributed by atoms with Gasteiger partial charge in [-0.15, -0.1) is 0 Å². The second-order valence-corrected chi connectivity index (χ2v) is 12.1. The van der Waals surface area contributed by atoms with Gasteiger partial charge in [0, 0.05) is 36.8 Å². The van der Waals surface area contributed by atoms with E-state index in [1.165, 1.54) is 10.2 Å². The van der Waals surface area contributed by atoms with Crippen LogP contribution in [0.25, 0.3) is 11.0 Å². The molecule has 38 heavy (non-hydrogen) atoms. The maximum absolute atomic E-state index is 13.4. The lowest BCUT2D eigenvalue weighted by molar-refractivity contribution is -0.121. The van der Waals surface area contributed by atoms with Gasteiger partial charge in [-0.1, -0.05) is 18.2 Å². The monoisotopic (exact) mass is 532 g/mol. The number of rotatable bonds is 4. The van der Waals surface area contributed by atoms with Crippen LogP contribution >= 0.6 is 0 Å². The van der Waals surface area contributed by atoms with Crippen LogP contribution in [0.4, 0.5) is 11.4 Å². The van der Waals surface area contributed by atoms with Crippen LogP contribution in [0.15, 0.2) is 66.1 Å². The van der Waals surface area contributed by atoms with E-state index in [9.17, 15) is 13.2 Å². The number of amides is 1. The molecule has 1 spiro atoms. The predicted molar refractivity (Wildman–Crippen MR) is 142 cm³/mol. The number of nitrogens with zero attached hydrogens (tertiary/aromatic N) is 5. The molecule has 3 aliphatic rings. The third kappa shape index (κ3) is 3.48. The van der Waals surface area contributed by atoms with Crippen LogP contribution in [0.1, 0.15) is 43.9 Å². The van der Waals surface area contributed by atoms with Crippen molar-refractivity contribution >= 4 is 38.3 Å². The Bertz CT molecular complexity index is 1630. The number of anilines is 2. The van der Waals surface area contributed by atoms with E-state index in [2.05, 4.69) is 20.3 Å². The summed E-state index contributed by atoms with van der Waals surface area (Å²) < 4.78 is 35.7. The van der Waals surface area contributed by atoms with Crippen LogP contribution in [-0.4, -0.2) is 52.8 Å². The molecule has 2 fully saturated rings. The summed E-state index contributed by atoms with van der Waals surface area (Å²) in [5.41, 5.74) is 2.12. The fraction of sp³-hybridized carbons (Fsp3) is 0.370. The van der Waals surface area contributed by atoms with Crippen molar-refractivity contribution in [2.24, 2.45) is 0 Å². The number of carbonyl (C=O) groups is 1. The van der Waals surface area contributed by atoms with Crippen LogP contribution in [0.2, 0.25) is 0 Å². The number of aromatic nitrogens is 4. The summed E-state index contributed by atoms with van der Waals surface area (Å²) in [5.74, 6) is -0.0496. The number of nitrogens with one attached hydrogen (secondary N) is 1. The second-order valence-electron chi connectivity index (χ2n) is 10.2. The first kappa shape index (κ1) is 23.4. The average Bonchev–Trinajstić information content (AvgIpc) is 3.68. The minimum absolute atomic E-state index is 0.0156. The Balaban J connectivity index is 1.20. The maximum Gasteiger partial charge on any atom is 0.269 e. The Morgan fingerprint density at radius 1 is 1.05 bits per heavy atom. The van der Waals surface area contributed by atoms with Gasteiger partial charge in [-0.2, -0.15) is 5.10 Å². The zero-order chi connectivity index (χ0) is 25.9. The summed E-state index contributed by atoms with van der Waals surface area (Å²) in [6.07, 6.45) is 11.4. The predicted octanol–water partition coefficient (Wildman–Crippen LogP) is 3.66. The highest BCUT2D eigenvalue weighted by Gasteiger charge is 2.50. The van der Waals surface area contributed by atoms with Gasteiger partial charge in [-0.3, -0.25) is 4.79 Å². The molecule has 1 atom stereocenters. The van der Waals surface area contributed by atoms with Crippen molar-refractivity contribution in [3.63, 3.8) is 0 Å². The molecule has 2 saturated heterocycles. The molecule has 0 bridgehead atoms. The van der Waals surface area contributed by atoms with Gasteiger partial charge >= 0.3 is 0 Å².